The van der Waals surface area contributed by atoms with Gasteiger partial charge < -0.3 is 9.55 Å². The summed E-state index contributed by atoms with van der Waals surface area (Å²) in [6.45, 7) is 6.34. The van der Waals surface area contributed by atoms with E-state index < -0.39 is 0 Å². The van der Waals surface area contributed by atoms with E-state index in [0.29, 0.717) is 5.92 Å². The van der Waals surface area contributed by atoms with Gasteiger partial charge in [-0.1, -0.05) is 12.1 Å². The molecule has 5 nitrogen and oxygen atoms in total. The van der Waals surface area contributed by atoms with Crippen LogP contribution in [0.5, 0.6) is 0 Å². The zero-order chi connectivity index (χ0) is 15.6. The average Bonchev–Trinajstić information content (AvgIpc) is 3.24. The molecule has 0 bridgehead atoms. The Morgan fingerprint density at radius 3 is 3.17 bits per heavy atom. The molecule has 0 amide bonds. The highest BCUT2D eigenvalue weighted by Crippen LogP contribution is 2.27. The minimum Gasteiger partial charge on any atom is -0.361 e. The number of aromatic amines is 1. The lowest BCUT2D eigenvalue weighted by atomic mass is 9.96. The van der Waals surface area contributed by atoms with Gasteiger partial charge in [0.25, 0.3) is 0 Å². The zero-order valence-electron chi connectivity index (χ0n) is 13.6. The molecule has 1 aromatic carbocycles. The third-order valence-corrected chi connectivity index (χ3v) is 4.94. The molecular formula is C18H23N5. The second kappa shape index (κ2) is 6.16. The molecule has 3 heterocycles. The van der Waals surface area contributed by atoms with Crippen molar-refractivity contribution >= 4 is 10.9 Å². The highest BCUT2D eigenvalue weighted by molar-refractivity contribution is 5.82. The second-order valence-corrected chi connectivity index (χ2v) is 6.41. The number of hydrogen-bond donors (Lipinski definition) is 1. The minimum absolute atomic E-state index is 0.497. The fourth-order valence-corrected chi connectivity index (χ4v) is 3.76. The molecule has 0 spiro atoms. The standard InChI is InChI=1S/C18H23N5/c1-2-23-13-20-21-18(23)15-6-4-10-22(12-15)11-14-5-3-7-17-16(14)8-9-19-17/h3,5,7-9,13,15,19H,2,4,6,10-12H2,1H3/t15-/m1/s1. The lowest BCUT2D eigenvalue weighted by molar-refractivity contribution is 0.195. The number of nitrogens with zero attached hydrogens (tertiary/aromatic N) is 4. The molecule has 5 heteroatoms. The molecule has 0 saturated carbocycles. The number of piperidine rings is 1. The molecule has 120 valence electrons. The van der Waals surface area contributed by atoms with Crippen LogP contribution in [-0.2, 0) is 13.1 Å². The Morgan fingerprint density at radius 2 is 2.26 bits per heavy atom. The number of nitrogens with one attached hydrogen (secondary N) is 1. The Kier molecular flexibility index (Phi) is 3.87. The molecule has 1 N–H and O–H groups in total. The van der Waals surface area contributed by atoms with Crippen LogP contribution in [0, 0.1) is 0 Å². The molecule has 1 atom stereocenters. The number of likely N-dealkylation sites (tertiary alicyclic amines) is 1. The normalized spacial score (nSPS) is 19.4. The van der Waals surface area contributed by atoms with Gasteiger partial charge >= 0.3 is 0 Å². The van der Waals surface area contributed by atoms with E-state index in [1.807, 2.05) is 12.5 Å². The van der Waals surface area contributed by atoms with Crippen molar-refractivity contribution in [3.63, 3.8) is 0 Å². The summed E-state index contributed by atoms with van der Waals surface area (Å²) >= 11 is 0. The average molecular weight is 309 g/mol. The number of fused-ring (bicyclic) bond motifs is 1. The lowest BCUT2D eigenvalue weighted by Gasteiger charge is -2.32. The number of aryl methyl sites for hydroxylation is 1. The van der Waals surface area contributed by atoms with Gasteiger partial charge in [-0.05, 0) is 44.0 Å². The van der Waals surface area contributed by atoms with Crippen LogP contribution in [0.4, 0.5) is 0 Å². The van der Waals surface area contributed by atoms with E-state index in [1.165, 1.54) is 29.3 Å². The summed E-state index contributed by atoms with van der Waals surface area (Å²) in [4.78, 5) is 5.86. The van der Waals surface area contributed by atoms with Crippen molar-refractivity contribution in [2.75, 3.05) is 13.1 Å². The Bertz CT molecular complexity index is 787. The Hall–Kier alpha value is -2.14. The Labute approximate surface area is 136 Å². The van der Waals surface area contributed by atoms with Crippen LogP contribution in [0.15, 0.2) is 36.8 Å². The largest absolute Gasteiger partial charge is 0.361 e. The first-order chi connectivity index (χ1) is 11.3. The van der Waals surface area contributed by atoms with E-state index >= 15 is 0 Å². The summed E-state index contributed by atoms with van der Waals surface area (Å²) in [5.74, 6) is 1.65. The molecule has 1 saturated heterocycles. The molecule has 1 aliphatic rings. The summed E-state index contributed by atoms with van der Waals surface area (Å²) in [6, 6.07) is 8.71. The van der Waals surface area contributed by atoms with Crippen molar-refractivity contribution < 1.29 is 0 Å². The van der Waals surface area contributed by atoms with E-state index in [4.69, 9.17) is 0 Å². The summed E-state index contributed by atoms with van der Waals surface area (Å²) in [6.07, 6.45) is 6.32. The lowest BCUT2D eigenvalue weighted by Crippen LogP contribution is -2.35. The van der Waals surface area contributed by atoms with Crippen LogP contribution >= 0.6 is 0 Å². The van der Waals surface area contributed by atoms with Crippen molar-refractivity contribution in [2.24, 2.45) is 0 Å². The molecule has 0 aliphatic carbocycles. The van der Waals surface area contributed by atoms with Crippen LogP contribution < -0.4 is 0 Å². The summed E-state index contributed by atoms with van der Waals surface area (Å²) in [5, 5.41) is 9.82. The maximum Gasteiger partial charge on any atom is 0.137 e. The predicted molar refractivity (Wildman–Crippen MR) is 91.2 cm³/mol. The van der Waals surface area contributed by atoms with Crippen molar-refractivity contribution in [2.45, 2.75) is 38.8 Å². The maximum atomic E-state index is 4.38. The predicted octanol–water partition coefficient (Wildman–Crippen LogP) is 3.16. The van der Waals surface area contributed by atoms with Crippen LogP contribution in [0.2, 0.25) is 0 Å². The first kappa shape index (κ1) is 14.5. The highest BCUT2D eigenvalue weighted by atomic mass is 15.3. The molecular weight excluding hydrogens is 286 g/mol. The highest BCUT2D eigenvalue weighted by Gasteiger charge is 2.25. The van der Waals surface area contributed by atoms with Gasteiger partial charge in [0.2, 0.25) is 0 Å². The van der Waals surface area contributed by atoms with E-state index in [2.05, 4.69) is 55.8 Å². The number of benzene rings is 1. The zero-order valence-corrected chi connectivity index (χ0v) is 13.6. The molecule has 0 unspecified atom stereocenters. The number of aromatic nitrogens is 4. The van der Waals surface area contributed by atoms with Crippen molar-refractivity contribution in [1.82, 2.24) is 24.6 Å². The summed E-state index contributed by atoms with van der Waals surface area (Å²) in [5.41, 5.74) is 2.63. The van der Waals surface area contributed by atoms with E-state index in [9.17, 15) is 0 Å². The number of hydrogen-bond acceptors (Lipinski definition) is 3. The fraction of sp³-hybridized carbons (Fsp3) is 0.444. The summed E-state index contributed by atoms with van der Waals surface area (Å²) < 4.78 is 2.18. The van der Waals surface area contributed by atoms with Gasteiger partial charge in [0, 0.05) is 42.7 Å². The third kappa shape index (κ3) is 2.77. The molecule has 23 heavy (non-hydrogen) atoms. The Morgan fingerprint density at radius 1 is 1.30 bits per heavy atom. The molecule has 2 aromatic heterocycles. The van der Waals surface area contributed by atoms with Crippen molar-refractivity contribution in [3.8, 4) is 0 Å². The summed E-state index contributed by atoms with van der Waals surface area (Å²) in [7, 11) is 0. The van der Waals surface area contributed by atoms with Crippen LogP contribution in [0.3, 0.4) is 0 Å². The van der Waals surface area contributed by atoms with Gasteiger partial charge in [-0.2, -0.15) is 0 Å². The van der Waals surface area contributed by atoms with Crippen LogP contribution in [-0.4, -0.2) is 37.7 Å². The molecule has 3 aromatic rings. The smallest absolute Gasteiger partial charge is 0.137 e. The SMILES string of the molecule is CCn1cnnc1[C@@H]1CCCN(Cc2cccc3[nH]ccc23)C1. The molecule has 0 radical (unpaired) electrons. The molecule has 1 fully saturated rings. The fourth-order valence-electron chi connectivity index (χ4n) is 3.76. The second-order valence-electron chi connectivity index (χ2n) is 6.41. The van der Waals surface area contributed by atoms with Gasteiger partial charge in [0.05, 0.1) is 0 Å². The number of rotatable bonds is 4. The van der Waals surface area contributed by atoms with E-state index in [1.54, 1.807) is 0 Å². The molecule has 4 rings (SSSR count). The van der Waals surface area contributed by atoms with Gasteiger partial charge in [0.15, 0.2) is 0 Å². The van der Waals surface area contributed by atoms with Crippen molar-refractivity contribution in [3.05, 3.63) is 48.2 Å². The number of H-pyrrole nitrogens is 1. The topological polar surface area (TPSA) is 49.7 Å². The third-order valence-electron chi connectivity index (χ3n) is 4.94. The monoisotopic (exact) mass is 309 g/mol. The van der Waals surface area contributed by atoms with Crippen molar-refractivity contribution in [1.29, 1.82) is 0 Å². The van der Waals surface area contributed by atoms with Crippen LogP contribution in [0.1, 0.15) is 37.1 Å². The van der Waals surface area contributed by atoms with E-state index in [-0.39, 0.29) is 0 Å². The van der Waals surface area contributed by atoms with E-state index in [0.717, 1.165) is 32.0 Å². The molecule has 1 aliphatic heterocycles. The maximum absolute atomic E-state index is 4.38. The van der Waals surface area contributed by atoms with Gasteiger partial charge in [-0.15, -0.1) is 10.2 Å². The van der Waals surface area contributed by atoms with Gasteiger partial charge in [-0.25, -0.2) is 0 Å². The quantitative estimate of drug-likeness (QED) is 0.805. The first-order valence-corrected chi connectivity index (χ1v) is 8.50. The minimum atomic E-state index is 0.497. The Balaban J connectivity index is 1.53. The van der Waals surface area contributed by atoms with Crippen LogP contribution in [0.25, 0.3) is 10.9 Å². The van der Waals surface area contributed by atoms with Gasteiger partial charge in [0.1, 0.15) is 12.2 Å². The van der Waals surface area contributed by atoms with Gasteiger partial charge in [-0.3, -0.25) is 4.90 Å². The first-order valence-electron chi connectivity index (χ1n) is 8.50.